The lowest BCUT2D eigenvalue weighted by atomic mass is 10.2. The molecule has 1 unspecified atom stereocenters. The van der Waals surface area contributed by atoms with E-state index < -0.39 is 0 Å². The van der Waals surface area contributed by atoms with Crippen LogP contribution in [-0.2, 0) is 0 Å². The molecule has 18 heavy (non-hydrogen) atoms. The van der Waals surface area contributed by atoms with Gasteiger partial charge >= 0.3 is 0 Å². The first-order valence-electron chi connectivity index (χ1n) is 5.93. The molecule has 0 saturated heterocycles. The second kappa shape index (κ2) is 5.78. The fourth-order valence-electron chi connectivity index (χ4n) is 1.78. The van der Waals surface area contributed by atoms with E-state index in [1.807, 2.05) is 32.2 Å². The number of hydrogen-bond donors (Lipinski definition) is 1. The molecule has 0 amide bonds. The maximum absolute atomic E-state index is 6.24. The average molecular weight is 282 g/mol. The van der Waals surface area contributed by atoms with E-state index in [4.69, 9.17) is 11.6 Å². The van der Waals surface area contributed by atoms with E-state index in [1.54, 1.807) is 11.3 Å². The molecule has 3 nitrogen and oxygen atoms in total. The highest BCUT2D eigenvalue weighted by molar-refractivity contribution is 7.14. The Balaban J connectivity index is 2.34. The number of rotatable bonds is 4. The minimum atomic E-state index is 0.264. The Morgan fingerprint density at radius 3 is 2.78 bits per heavy atom. The van der Waals surface area contributed by atoms with Gasteiger partial charge in [-0.05, 0) is 32.0 Å². The molecule has 1 heterocycles. The highest BCUT2D eigenvalue weighted by atomic mass is 35.5. The predicted octanol–water partition coefficient (Wildman–Crippen LogP) is 3.84. The van der Waals surface area contributed by atoms with Crippen molar-refractivity contribution in [1.29, 1.82) is 0 Å². The van der Waals surface area contributed by atoms with Crippen LogP contribution in [0.1, 0.15) is 30.0 Å². The number of hydrogen-bond acceptors (Lipinski definition) is 4. The van der Waals surface area contributed by atoms with Crippen molar-refractivity contribution in [2.24, 2.45) is 0 Å². The molecule has 0 fully saturated rings. The van der Waals surface area contributed by atoms with Gasteiger partial charge in [-0.25, -0.2) is 0 Å². The molecule has 1 atom stereocenters. The van der Waals surface area contributed by atoms with Crippen LogP contribution in [0.5, 0.6) is 0 Å². The van der Waals surface area contributed by atoms with Gasteiger partial charge in [-0.1, -0.05) is 42.0 Å². The second-order valence-electron chi connectivity index (χ2n) is 4.18. The zero-order chi connectivity index (χ0) is 13.1. The summed E-state index contributed by atoms with van der Waals surface area (Å²) in [5.74, 6) is 0. The van der Waals surface area contributed by atoms with Crippen molar-refractivity contribution in [2.45, 2.75) is 26.3 Å². The van der Waals surface area contributed by atoms with Gasteiger partial charge in [0.05, 0.1) is 11.1 Å². The zero-order valence-corrected chi connectivity index (χ0v) is 12.3. The van der Waals surface area contributed by atoms with Gasteiger partial charge in [-0.2, -0.15) is 0 Å². The molecular formula is C13H16ClN3S. The molecule has 0 aliphatic rings. The third-order valence-corrected chi connectivity index (χ3v) is 4.23. The fourth-order valence-corrected chi connectivity index (χ4v) is 3.24. The van der Waals surface area contributed by atoms with E-state index in [9.17, 15) is 0 Å². The Morgan fingerprint density at radius 1 is 1.39 bits per heavy atom. The summed E-state index contributed by atoms with van der Waals surface area (Å²) in [7, 11) is 1.94. The average Bonchev–Trinajstić information content (AvgIpc) is 2.80. The molecule has 96 valence electrons. The number of aromatic nitrogens is 2. The van der Waals surface area contributed by atoms with Crippen LogP contribution in [0.25, 0.3) is 10.6 Å². The quantitative estimate of drug-likeness (QED) is 0.925. The molecule has 0 aliphatic carbocycles. The summed E-state index contributed by atoms with van der Waals surface area (Å²) in [6.45, 7) is 4.15. The van der Waals surface area contributed by atoms with Crippen LogP contribution in [0, 0.1) is 6.92 Å². The SMILES string of the molecule is CCC(NC)c1nnc(-c2ccc(C)cc2Cl)s1. The smallest absolute Gasteiger partial charge is 0.149 e. The van der Waals surface area contributed by atoms with E-state index in [1.165, 1.54) is 0 Å². The van der Waals surface area contributed by atoms with Gasteiger partial charge in [0.25, 0.3) is 0 Å². The van der Waals surface area contributed by atoms with Crippen LogP contribution in [-0.4, -0.2) is 17.2 Å². The lowest BCUT2D eigenvalue weighted by Crippen LogP contribution is -2.14. The molecule has 0 bridgehead atoms. The standard InChI is InChI=1S/C13H16ClN3S/c1-4-11(15-3)13-17-16-12(18-13)9-6-5-8(2)7-10(9)14/h5-7,11,15H,4H2,1-3H3. The predicted molar refractivity (Wildman–Crippen MR) is 77.2 cm³/mol. The van der Waals surface area contributed by atoms with E-state index in [2.05, 4.69) is 22.4 Å². The Morgan fingerprint density at radius 2 is 2.17 bits per heavy atom. The van der Waals surface area contributed by atoms with Crippen LogP contribution >= 0.6 is 22.9 Å². The van der Waals surface area contributed by atoms with Crippen molar-refractivity contribution >= 4 is 22.9 Å². The highest BCUT2D eigenvalue weighted by Gasteiger charge is 2.15. The first-order valence-corrected chi connectivity index (χ1v) is 7.12. The van der Waals surface area contributed by atoms with Crippen molar-refractivity contribution in [2.75, 3.05) is 7.05 Å². The summed E-state index contributed by atoms with van der Waals surface area (Å²) in [5.41, 5.74) is 2.10. The van der Waals surface area contributed by atoms with E-state index in [0.717, 1.165) is 32.6 Å². The minimum Gasteiger partial charge on any atom is -0.311 e. The molecule has 0 saturated carbocycles. The van der Waals surface area contributed by atoms with Gasteiger partial charge in [0.15, 0.2) is 0 Å². The topological polar surface area (TPSA) is 37.8 Å². The van der Waals surface area contributed by atoms with Crippen molar-refractivity contribution in [1.82, 2.24) is 15.5 Å². The second-order valence-corrected chi connectivity index (χ2v) is 5.59. The van der Waals surface area contributed by atoms with Gasteiger partial charge in [-0.15, -0.1) is 10.2 Å². The molecule has 0 aliphatic heterocycles. The molecule has 1 aromatic heterocycles. The lowest BCUT2D eigenvalue weighted by Gasteiger charge is -2.08. The first-order chi connectivity index (χ1) is 8.65. The first kappa shape index (κ1) is 13.5. The Bertz CT molecular complexity index is 535. The summed E-state index contributed by atoms with van der Waals surface area (Å²) in [6, 6.07) is 6.26. The van der Waals surface area contributed by atoms with Crippen molar-refractivity contribution < 1.29 is 0 Å². The third-order valence-electron chi connectivity index (χ3n) is 2.85. The molecule has 2 rings (SSSR count). The zero-order valence-electron chi connectivity index (χ0n) is 10.7. The summed E-state index contributed by atoms with van der Waals surface area (Å²) in [4.78, 5) is 0. The van der Waals surface area contributed by atoms with Crippen molar-refractivity contribution in [3.8, 4) is 10.6 Å². The number of halogens is 1. The molecule has 2 aromatic rings. The summed E-state index contributed by atoms with van der Waals surface area (Å²) in [6.07, 6.45) is 0.993. The summed E-state index contributed by atoms with van der Waals surface area (Å²) < 4.78 is 0. The Hall–Kier alpha value is -0.970. The van der Waals surface area contributed by atoms with Crippen LogP contribution in [0.15, 0.2) is 18.2 Å². The lowest BCUT2D eigenvalue weighted by molar-refractivity contribution is 0.568. The minimum absolute atomic E-state index is 0.264. The fraction of sp³-hybridized carbons (Fsp3) is 0.385. The monoisotopic (exact) mass is 281 g/mol. The number of aryl methyl sites for hydroxylation is 1. The highest BCUT2D eigenvalue weighted by Crippen LogP contribution is 2.32. The van der Waals surface area contributed by atoms with Crippen LogP contribution in [0.3, 0.4) is 0 Å². The van der Waals surface area contributed by atoms with E-state index >= 15 is 0 Å². The number of benzene rings is 1. The maximum atomic E-state index is 6.24. The van der Waals surface area contributed by atoms with E-state index in [-0.39, 0.29) is 6.04 Å². The number of nitrogens with one attached hydrogen (secondary N) is 1. The normalized spacial score (nSPS) is 12.7. The van der Waals surface area contributed by atoms with Crippen LogP contribution in [0.2, 0.25) is 5.02 Å². The molecule has 0 radical (unpaired) electrons. The van der Waals surface area contributed by atoms with Crippen molar-refractivity contribution in [3.05, 3.63) is 33.8 Å². The Kier molecular flexibility index (Phi) is 4.32. The van der Waals surface area contributed by atoms with Gasteiger partial charge in [0, 0.05) is 5.56 Å². The van der Waals surface area contributed by atoms with E-state index in [0.29, 0.717) is 0 Å². The van der Waals surface area contributed by atoms with Gasteiger partial charge in [0.2, 0.25) is 0 Å². The molecule has 1 aromatic carbocycles. The van der Waals surface area contributed by atoms with Crippen molar-refractivity contribution in [3.63, 3.8) is 0 Å². The third kappa shape index (κ3) is 2.71. The summed E-state index contributed by atoms with van der Waals surface area (Å²) in [5, 5.41) is 14.3. The van der Waals surface area contributed by atoms with Gasteiger partial charge in [-0.3, -0.25) is 0 Å². The largest absolute Gasteiger partial charge is 0.311 e. The molecule has 1 N–H and O–H groups in total. The van der Waals surface area contributed by atoms with Gasteiger partial charge in [0.1, 0.15) is 10.0 Å². The van der Waals surface area contributed by atoms with Gasteiger partial charge < -0.3 is 5.32 Å². The van der Waals surface area contributed by atoms with Crippen LogP contribution < -0.4 is 5.32 Å². The Labute approximate surface area is 116 Å². The molecule has 0 spiro atoms. The van der Waals surface area contributed by atoms with Crippen LogP contribution in [0.4, 0.5) is 0 Å². The maximum Gasteiger partial charge on any atom is 0.149 e. The molecule has 5 heteroatoms. The number of nitrogens with zero attached hydrogens (tertiary/aromatic N) is 2. The molecular weight excluding hydrogens is 266 g/mol. The summed E-state index contributed by atoms with van der Waals surface area (Å²) >= 11 is 7.84.